The van der Waals surface area contributed by atoms with Crippen molar-refractivity contribution < 1.29 is 47.7 Å². The number of amides is 5. The Kier molecular flexibility index (Phi) is 12.7. The Hall–Kier alpha value is -3.36. The molecule has 2 aliphatic rings. The number of hydrogen-bond donors (Lipinski definition) is 2. The highest BCUT2D eigenvalue weighted by Gasteiger charge is 2.46. The first-order chi connectivity index (χ1) is 18.8. The molecule has 0 unspecified atom stereocenters. The van der Waals surface area contributed by atoms with Crippen molar-refractivity contribution in [3.63, 3.8) is 0 Å². The molecular formula is C26H40N4O10. The van der Waals surface area contributed by atoms with Crippen molar-refractivity contribution in [1.29, 1.82) is 0 Å². The third-order valence-corrected chi connectivity index (χ3v) is 5.85. The minimum absolute atomic E-state index is 0.00349. The normalized spacial score (nSPS) is 16.1. The van der Waals surface area contributed by atoms with Crippen LogP contribution in [0.2, 0.25) is 0 Å². The van der Waals surface area contributed by atoms with E-state index in [1.54, 1.807) is 32.8 Å². The van der Waals surface area contributed by atoms with Crippen molar-refractivity contribution in [2.45, 2.75) is 51.2 Å². The summed E-state index contributed by atoms with van der Waals surface area (Å²) in [5, 5.41) is 5.29. The second-order valence-corrected chi connectivity index (χ2v) is 10.5. The van der Waals surface area contributed by atoms with Crippen LogP contribution in [0.1, 0.15) is 40.0 Å². The Morgan fingerprint density at radius 2 is 1.60 bits per heavy atom. The average Bonchev–Trinajstić information content (AvgIpc) is 3.17. The molecule has 224 valence electrons. The smallest absolute Gasteiger partial charge is 0.308 e. The van der Waals surface area contributed by atoms with Crippen molar-refractivity contribution >= 4 is 35.5 Å². The van der Waals surface area contributed by atoms with Crippen LogP contribution < -0.4 is 10.6 Å². The number of nitrogens with zero attached hydrogens (tertiary/aromatic N) is 2. The second-order valence-electron chi connectivity index (χ2n) is 10.5. The van der Waals surface area contributed by atoms with Gasteiger partial charge in [-0.05, 0) is 20.8 Å². The molecular weight excluding hydrogens is 528 g/mol. The van der Waals surface area contributed by atoms with Gasteiger partial charge >= 0.3 is 5.97 Å². The van der Waals surface area contributed by atoms with Gasteiger partial charge in [0.2, 0.25) is 17.7 Å². The van der Waals surface area contributed by atoms with Gasteiger partial charge in [-0.2, -0.15) is 0 Å². The molecule has 0 bridgehead atoms. The molecule has 5 amide bonds. The van der Waals surface area contributed by atoms with E-state index < -0.39 is 40.8 Å². The quantitative estimate of drug-likeness (QED) is 0.125. The standard InChI is InChI=1S/C26H40N4O10/c1-25(2,3)40-24(36)7-10-27-20(32)15-39-26(17-29(18-26)21(33)9-12-38-14-13-37-4)16-28-19(31)8-11-30-22(34)5-6-23(30)35/h5-6H,7-18H2,1-4H3,(H,27,32)(H,28,31). The molecule has 14 heteroatoms. The summed E-state index contributed by atoms with van der Waals surface area (Å²) in [6.45, 7) is 6.20. The van der Waals surface area contributed by atoms with E-state index in [-0.39, 0.29) is 71.1 Å². The van der Waals surface area contributed by atoms with Crippen LogP contribution in [0, 0.1) is 0 Å². The van der Waals surface area contributed by atoms with Gasteiger partial charge in [-0.1, -0.05) is 0 Å². The summed E-state index contributed by atoms with van der Waals surface area (Å²) in [5.41, 5.74) is -1.63. The van der Waals surface area contributed by atoms with Crippen LogP contribution in [0.25, 0.3) is 0 Å². The summed E-state index contributed by atoms with van der Waals surface area (Å²) in [4.78, 5) is 74.9. The molecule has 0 saturated carbocycles. The Labute approximate surface area is 233 Å². The summed E-state index contributed by atoms with van der Waals surface area (Å²) >= 11 is 0. The van der Waals surface area contributed by atoms with E-state index in [0.717, 1.165) is 17.1 Å². The SMILES string of the molecule is COCCOCCC(=O)N1CC(CNC(=O)CCN2C(=O)C=CC2=O)(OCC(=O)NCCC(=O)OC(C)(C)C)C1. The highest BCUT2D eigenvalue weighted by Crippen LogP contribution is 2.25. The zero-order chi connectivity index (χ0) is 29.8. The highest BCUT2D eigenvalue weighted by molar-refractivity contribution is 6.13. The van der Waals surface area contributed by atoms with Gasteiger partial charge in [0.15, 0.2) is 0 Å². The number of likely N-dealkylation sites (tertiary alicyclic amines) is 1. The molecule has 0 aromatic rings. The summed E-state index contributed by atoms with van der Waals surface area (Å²) < 4.78 is 21.3. The third-order valence-electron chi connectivity index (χ3n) is 5.85. The van der Waals surface area contributed by atoms with Crippen LogP contribution in [-0.2, 0) is 47.7 Å². The van der Waals surface area contributed by atoms with Gasteiger partial charge in [0.05, 0.1) is 52.3 Å². The first-order valence-corrected chi connectivity index (χ1v) is 13.1. The van der Waals surface area contributed by atoms with Gasteiger partial charge in [0.25, 0.3) is 11.8 Å². The average molecular weight is 569 g/mol. The first kappa shape index (κ1) is 32.8. The molecule has 0 spiro atoms. The molecule has 0 aromatic heterocycles. The van der Waals surface area contributed by atoms with E-state index in [2.05, 4.69) is 10.6 Å². The van der Waals surface area contributed by atoms with Gasteiger partial charge in [0, 0.05) is 38.8 Å². The van der Waals surface area contributed by atoms with Crippen LogP contribution in [0.5, 0.6) is 0 Å². The minimum Gasteiger partial charge on any atom is -0.460 e. The summed E-state index contributed by atoms with van der Waals surface area (Å²) in [6, 6.07) is 0. The molecule has 0 aromatic carbocycles. The molecule has 2 aliphatic heterocycles. The largest absolute Gasteiger partial charge is 0.460 e. The van der Waals surface area contributed by atoms with E-state index in [1.165, 1.54) is 0 Å². The fourth-order valence-electron chi connectivity index (χ4n) is 3.82. The van der Waals surface area contributed by atoms with E-state index in [4.69, 9.17) is 18.9 Å². The van der Waals surface area contributed by atoms with Crippen LogP contribution >= 0.6 is 0 Å². The maximum Gasteiger partial charge on any atom is 0.308 e. The highest BCUT2D eigenvalue weighted by atomic mass is 16.6. The van der Waals surface area contributed by atoms with Crippen molar-refractivity contribution in [2.24, 2.45) is 0 Å². The lowest BCUT2D eigenvalue weighted by atomic mass is 9.93. The summed E-state index contributed by atoms with van der Waals surface area (Å²) in [7, 11) is 1.55. The number of ether oxygens (including phenoxy) is 4. The lowest BCUT2D eigenvalue weighted by Gasteiger charge is -2.49. The van der Waals surface area contributed by atoms with Gasteiger partial charge in [-0.3, -0.25) is 33.7 Å². The van der Waals surface area contributed by atoms with Gasteiger partial charge in [-0.15, -0.1) is 0 Å². The first-order valence-electron chi connectivity index (χ1n) is 13.1. The molecule has 1 saturated heterocycles. The number of carbonyl (C=O) groups is 6. The van der Waals surface area contributed by atoms with Crippen molar-refractivity contribution in [1.82, 2.24) is 20.4 Å². The Bertz CT molecular complexity index is 951. The molecule has 1 fully saturated rings. The lowest BCUT2D eigenvalue weighted by molar-refractivity contribution is -0.172. The molecule has 14 nitrogen and oxygen atoms in total. The number of rotatable bonds is 17. The molecule has 40 heavy (non-hydrogen) atoms. The van der Waals surface area contributed by atoms with Crippen molar-refractivity contribution in [3.8, 4) is 0 Å². The molecule has 0 atom stereocenters. The number of hydrogen-bond acceptors (Lipinski definition) is 10. The summed E-state index contributed by atoms with van der Waals surface area (Å²) in [5.74, 6) is -2.45. The van der Waals surface area contributed by atoms with Crippen LogP contribution in [0.3, 0.4) is 0 Å². The Morgan fingerprint density at radius 1 is 0.925 bits per heavy atom. The predicted molar refractivity (Wildman–Crippen MR) is 140 cm³/mol. The van der Waals surface area contributed by atoms with Crippen molar-refractivity contribution in [2.75, 3.05) is 66.3 Å². The van der Waals surface area contributed by atoms with Gasteiger partial charge < -0.3 is 34.5 Å². The number of esters is 1. The van der Waals surface area contributed by atoms with Gasteiger partial charge in [-0.25, -0.2) is 0 Å². The monoisotopic (exact) mass is 568 g/mol. The topological polar surface area (TPSA) is 170 Å². The fraction of sp³-hybridized carbons (Fsp3) is 0.692. The van der Waals surface area contributed by atoms with Crippen molar-refractivity contribution in [3.05, 3.63) is 12.2 Å². The number of imide groups is 1. The molecule has 2 heterocycles. The van der Waals surface area contributed by atoms with Gasteiger partial charge in [0.1, 0.15) is 17.8 Å². The molecule has 2 N–H and O–H groups in total. The van der Waals surface area contributed by atoms with E-state index in [9.17, 15) is 28.8 Å². The number of methoxy groups -OCH3 is 1. The van der Waals surface area contributed by atoms with E-state index in [0.29, 0.717) is 13.2 Å². The lowest BCUT2D eigenvalue weighted by Crippen LogP contribution is -2.69. The van der Waals surface area contributed by atoms with E-state index >= 15 is 0 Å². The van der Waals surface area contributed by atoms with E-state index in [1.807, 2.05) is 0 Å². The number of carbonyl (C=O) groups excluding carboxylic acids is 6. The fourth-order valence-corrected chi connectivity index (χ4v) is 3.82. The second kappa shape index (κ2) is 15.4. The van der Waals surface area contributed by atoms with Crippen LogP contribution in [0.15, 0.2) is 12.2 Å². The maximum absolute atomic E-state index is 12.5. The maximum atomic E-state index is 12.5. The van der Waals surface area contributed by atoms with Crippen LogP contribution in [-0.4, -0.2) is 123 Å². The summed E-state index contributed by atoms with van der Waals surface area (Å²) in [6.07, 6.45) is 2.33. The predicted octanol–water partition coefficient (Wildman–Crippen LogP) is -1.08. The molecule has 2 rings (SSSR count). The molecule has 0 radical (unpaired) electrons. The Morgan fingerprint density at radius 3 is 2.23 bits per heavy atom. The third kappa shape index (κ3) is 11.4. The Balaban J connectivity index is 1.83. The number of nitrogens with one attached hydrogen (secondary N) is 2. The zero-order valence-electron chi connectivity index (χ0n) is 23.6. The minimum atomic E-state index is -1.01. The van der Waals surface area contributed by atoms with Crippen LogP contribution in [0.4, 0.5) is 0 Å². The zero-order valence-corrected chi connectivity index (χ0v) is 23.6. The molecule has 0 aliphatic carbocycles.